The molecule has 0 unspecified atom stereocenters. The van der Waals surface area contributed by atoms with E-state index in [0.717, 1.165) is 23.5 Å². The fourth-order valence-electron chi connectivity index (χ4n) is 2.08. The highest BCUT2D eigenvalue weighted by molar-refractivity contribution is 5.43. The normalized spacial score (nSPS) is 10.3. The van der Waals surface area contributed by atoms with Crippen LogP contribution in [0.25, 0.3) is 0 Å². The van der Waals surface area contributed by atoms with Crippen LogP contribution in [0.1, 0.15) is 16.7 Å². The second-order valence-corrected chi connectivity index (χ2v) is 4.74. The number of ether oxygens (including phenoxy) is 2. The van der Waals surface area contributed by atoms with Crippen molar-refractivity contribution in [2.75, 3.05) is 13.7 Å². The van der Waals surface area contributed by atoms with Gasteiger partial charge in [0.2, 0.25) is 0 Å². The third kappa shape index (κ3) is 3.52. The molecule has 0 aliphatic carbocycles. The Balaban J connectivity index is 2.15. The molecule has 0 fully saturated rings. The van der Waals surface area contributed by atoms with E-state index in [1.54, 1.807) is 7.11 Å². The Morgan fingerprint density at radius 1 is 1.05 bits per heavy atom. The molecular weight excluding hydrogens is 250 g/mol. The van der Waals surface area contributed by atoms with Crippen molar-refractivity contribution >= 4 is 0 Å². The molecule has 0 saturated carbocycles. The zero-order valence-electron chi connectivity index (χ0n) is 12.1. The maximum absolute atomic E-state index is 5.92. The highest BCUT2D eigenvalue weighted by atomic mass is 16.5. The molecule has 0 radical (unpaired) electrons. The average molecular weight is 271 g/mol. The highest BCUT2D eigenvalue weighted by Gasteiger charge is 2.07. The van der Waals surface area contributed by atoms with E-state index < -0.39 is 0 Å². The fraction of sp³-hybridized carbons (Fsp3) is 0.294. The van der Waals surface area contributed by atoms with Crippen LogP contribution in [0.3, 0.4) is 0 Å². The molecular formula is C17H21NO2. The fourth-order valence-corrected chi connectivity index (χ4v) is 2.08. The first-order valence-corrected chi connectivity index (χ1v) is 6.79. The van der Waals surface area contributed by atoms with Crippen molar-refractivity contribution in [2.24, 2.45) is 5.73 Å². The number of hydrogen-bond donors (Lipinski definition) is 1. The van der Waals surface area contributed by atoms with Crippen LogP contribution in [0.15, 0.2) is 42.5 Å². The summed E-state index contributed by atoms with van der Waals surface area (Å²) in [6.07, 6.45) is 0.838. The standard InChI is InChI=1S/C17H21NO2/c1-13-5-3-4-6-15(13)12-20-17-11-14(9-10-18)7-8-16(17)19-2/h3-8,11H,9-10,12,18H2,1-2H3. The van der Waals surface area contributed by atoms with E-state index in [4.69, 9.17) is 15.2 Å². The van der Waals surface area contributed by atoms with Crippen LogP contribution >= 0.6 is 0 Å². The van der Waals surface area contributed by atoms with Crippen molar-refractivity contribution in [3.05, 3.63) is 59.2 Å². The summed E-state index contributed by atoms with van der Waals surface area (Å²) in [5.41, 5.74) is 9.16. The highest BCUT2D eigenvalue weighted by Crippen LogP contribution is 2.29. The molecule has 20 heavy (non-hydrogen) atoms. The summed E-state index contributed by atoms with van der Waals surface area (Å²) < 4.78 is 11.3. The quantitative estimate of drug-likeness (QED) is 0.878. The minimum atomic E-state index is 0.537. The van der Waals surface area contributed by atoms with Crippen LogP contribution in [0.5, 0.6) is 11.5 Å². The molecule has 0 saturated heterocycles. The topological polar surface area (TPSA) is 44.5 Å². The van der Waals surface area contributed by atoms with Gasteiger partial charge in [0.25, 0.3) is 0 Å². The summed E-state index contributed by atoms with van der Waals surface area (Å²) in [4.78, 5) is 0. The Hall–Kier alpha value is -2.00. The predicted molar refractivity (Wildman–Crippen MR) is 81.3 cm³/mol. The largest absolute Gasteiger partial charge is 0.493 e. The molecule has 2 aromatic rings. The second-order valence-electron chi connectivity index (χ2n) is 4.74. The van der Waals surface area contributed by atoms with Gasteiger partial charge in [0, 0.05) is 0 Å². The van der Waals surface area contributed by atoms with Crippen LogP contribution in [-0.4, -0.2) is 13.7 Å². The van der Waals surface area contributed by atoms with Gasteiger partial charge >= 0.3 is 0 Å². The number of methoxy groups -OCH3 is 1. The van der Waals surface area contributed by atoms with Gasteiger partial charge in [-0.2, -0.15) is 0 Å². The van der Waals surface area contributed by atoms with Crippen molar-refractivity contribution in [3.63, 3.8) is 0 Å². The monoisotopic (exact) mass is 271 g/mol. The molecule has 0 spiro atoms. The lowest BCUT2D eigenvalue weighted by molar-refractivity contribution is 0.283. The first-order valence-electron chi connectivity index (χ1n) is 6.79. The molecule has 0 amide bonds. The van der Waals surface area contributed by atoms with E-state index in [1.807, 2.05) is 30.3 Å². The van der Waals surface area contributed by atoms with Crippen LogP contribution < -0.4 is 15.2 Å². The SMILES string of the molecule is COc1ccc(CCN)cc1OCc1ccccc1C. The number of nitrogens with two attached hydrogens (primary N) is 1. The van der Waals surface area contributed by atoms with Gasteiger partial charge < -0.3 is 15.2 Å². The molecule has 106 valence electrons. The van der Waals surface area contributed by atoms with E-state index in [9.17, 15) is 0 Å². The zero-order valence-corrected chi connectivity index (χ0v) is 12.1. The Labute approximate surface area is 120 Å². The zero-order chi connectivity index (χ0) is 14.4. The molecule has 0 heterocycles. The lowest BCUT2D eigenvalue weighted by Gasteiger charge is -2.13. The molecule has 0 aromatic heterocycles. The summed E-state index contributed by atoms with van der Waals surface area (Å²) in [5, 5.41) is 0. The minimum absolute atomic E-state index is 0.537. The molecule has 0 bridgehead atoms. The lowest BCUT2D eigenvalue weighted by atomic mass is 10.1. The van der Waals surface area contributed by atoms with Gasteiger partial charge in [0.05, 0.1) is 7.11 Å². The van der Waals surface area contributed by atoms with Crippen LogP contribution in [0.2, 0.25) is 0 Å². The smallest absolute Gasteiger partial charge is 0.161 e. The van der Waals surface area contributed by atoms with Crippen molar-refractivity contribution in [1.82, 2.24) is 0 Å². The number of benzene rings is 2. The maximum atomic E-state index is 5.92. The Bertz CT molecular complexity index is 567. The van der Waals surface area contributed by atoms with Gasteiger partial charge in [-0.1, -0.05) is 30.3 Å². The van der Waals surface area contributed by atoms with Crippen molar-refractivity contribution in [2.45, 2.75) is 20.0 Å². The third-order valence-corrected chi connectivity index (χ3v) is 3.31. The number of rotatable bonds is 6. The number of aryl methyl sites for hydroxylation is 1. The van der Waals surface area contributed by atoms with Gasteiger partial charge in [-0.05, 0) is 48.7 Å². The molecule has 3 nitrogen and oxygen atoms in total. The van der Waals surface area contributed by atoms with Crippen LogP contribution in [0, 0.1) is 6.92 Å². The van der Waals surface area contributed by atoms with E-state index in [1.165, 1.54) is 11.1 Å². The summed E-state index contributed by atoms with van der Waals surface area (Å²) in [7, 11) is 1.65. The van der Waals surface area contributed by atoms with E-state index in [-0.39, 0.29) is 0 Å². The summed E-state index contributed by atoms with van der Waals surface area (Å²) in [6.45, 7) is 3.25. The first-order chi connectivity index (χ1) is 9.74. The summed E-state index contributed by atoms with van der Waals surface area (Å²) in [5.74, 6) is 1.51. The summed E-state index contributed by atoms with van der Waals surface area (Å²) in [6, 6.07) is 14.2. The van der Waals surface area contributed by atoms with Gasteiger partial charge in [-0.15, -0.1) is 0 Å². The van der Waals surface area contributed by atoms with Gasteiger partial charge in [0.1, 0.15) is 6.61 Å². The minimum Gasteiger partial charge on any atom is -0.493 e. The molecule has 0 aliphatic rings. The molecule has 0 atom stereocenters. The third-order valence-electron chi connectivity index (χ3n) is 3.31. The van der Waals surface area contributed by atoms with Crippen LogP contribution in [-0.2, 0) is 13.0 Å². The van der Waals surface area contributed by atoms with Crippen molar-refractivity contribution in [3.8, 4) is 11.5 Å². The van der Waals surface area contributed by atoms with Crippen molar-refractivity contribution in [1.29, 1.82) is 0 Å². The Morgan fingerprint density at radius 3 is 2.55 bits per heavy atom. The molecule has 3 heteroatoms. The number of hydrogen-bond acceptors (Lipinski definition) is 3. The molecule has 2 N–H and O–H groups in total. The van der Waals surface area contributed by atoms with E-state index in [0.29, 0.717) is 13.2 Å². The van der Waals surface area contributed by atoms with E-state index >= 15 is 0 Å². The summed E-state index contributed by atoms with van der Waals surface area (Å²) >= 11 is 0. The molecule has 0 aliphatic heterocycles. The Kier molecular flexibility index (Phi) is 5.02. The van der Waals surface area contributed by atoms with Crippen molar-refractivity contribution < 1.29 is 9.47 Å². The van der Waals surface area contributed by atoms with Gasteiger partial charge in [-0.3, -0.25) is 0 Å². The first kappa shape index (κ1) is 14.4. The Morgan fingerprint density at radius 2 is 1.85 bits per heavy atom. The average Bonchev–Trinajstić information content (AvgIpc) is 2.47. The van der Waals surface area contributed by atoms with Gasteiger partial charge in [-0.25, -0.2) is 0 Å². The van der Waals surface area contributed by atoms with E-state index in [2.05, 4.69) is 19.1 Å². The molecule has 2 rings (SSSR count). The second kappa shape index (κ2) is 6.96. The predicted octanol–water partition coefficient (Wildman–Crippen LogP) is 3.08. The lowest BCUT2D eigenvalue weighted by Crippen LogP contribution is -2.04. The molecule has 2 aromatic carbocycles. The van der Waals surface area contributed by atoms with Gasteiger partial charge in [0.15, 0.2) is 11.5 Å². The maximum Gasteiger partial charge on any atom is 0.161 e. The van der Waals surface area contributed by atoms with Crippen LogP contribution in [0.4, 0.5) is 0 Å².